The summed E-state index contributed by atoms with van der Waals surface area (Å²) in [6.45, 7) is 3.34. The van der Waals surface area contributed by atoms with Gasteiger partial charge >= 0.3 is 0 Å². The molecule has 2 heterocycles. The first-order chi connectivity index (χ1) is 8.70. The molecule has 0 bridgehead atoms. The molecular weight excluding hydrogens is 233 g/mol. The SMILES string of the molecule is Cc1nn(C)cc1CNCc1ccnn1CCF. The average molecular weight is 251 g/mol. The fourth-order valence-corrected chi connectivity index (χ4v) is 1.94. The summed E-state index contributed by atoms with van der Waals surface area (Å²) in [4.78, 5) is 0. The first-order valence-electron chi connectivity index (χ1n) is 5.97. The molecule has 0 saturated heterocycles. The third-order valence-corrected chi connectivity index (χ3v) is 2.84. The predicted molar refractivity (Wildman–Crippen MR) is 66.7 cm³/mol. The number of rotatable bonds is 6. The summed E-state index contributed by atoms with van der Waals surface area (Å²) in [6.07, 6.45) is 3.70. The van der Waals surface area contributed by atoms with E-state index in [2.05, 4.69) is 15.5 Å². The first kappa shape index (κ1) is 12.8. The second-order valence-corrected chi connectivity index (χ2v) is 4.25. The zero-order valence-corrected chi connectivity index (χ0v) is 10.7. The van der Waals surface area contributed by atoms with E-state index in [-0.39, 0.29) is 0 Å². The molecule has 2 aromatic rings. The van der Waals surface area contributed by atoms with E-state index >= 15 is 0 Å². The number of hydrogen-bond acceptors (Lipinski definition) is 3. The van der Waals surface area contributed by atoms with Crippen LogP contribution in [-0.4, -0.2) is 26.2 Å². The molecule has 0 radical (unpaired) electrons. The molecule has 6 heteroatoms. The van der Waals surface area contributed by atoms with Crippen molar-refractivity contribution in [1.82, 2.24) is 24.9 Å². The van der Waals surface area contributed by atoms with Crippen LogP contribution in [0.1, 0.15) is 17.0 Å². The van der Waals surface area contributed by atoms with Crippen molar-refractivity contribution in [3.63, 3.8) is 0 Å². The highest BCUT2D eigenvalue weighted by Crippen LogP contribution is 2.05. The van der Waals surface area contributed by atoms with Crippen LogP contribution >= 0.6 is 0 Å². The number of nitrogens with one attached hydrogen (secondary N) is 1. The van der Waals surface area contributed by atoms with E-state index in [9.17, 15) is 4.39 Å². The van der Waals surface area contributed by atoms with Crippen LogP contribution in [0.15, 0.2) is 18.5 Å². The van der Waals surface area contributed by atoms with Crippen LogP contribution < -0.4 is 5.32 Å². The van der Waals surface area contributed by atoms with E-state index < -0.39 is 6.67 Å². The van der Waals surface area contributed by atoms with Gasteiger partial charge in [-0.05, 0) is 13.0 Å². The average Bonchev–Trinajstić information content (AvgIpc) is 2.88. The van der Waals surface area contributed by atoms with E-state index in [1.165, 1.54) is 5.56 Å². The van der Waals surface area contributed by atoms with E-state index in [1.807, 2.05) is 26.2 Å². The van der Waals surface area contributed by atoms with Gasteiger partial charge in [0.1, 0.15) is 6.67 Å². The molecule has 1 N–H and O–H groups in total. The third-order valence-electron chi connectivity index (χ3n) is 2.84. The van der Waals surface area contributed by atoms with Crippen molar-refractivity contribution in [2.45, 2.75) is 26.6 Å². The lowest BCUT2D eigenvalue weighted by Gasteiger charge is -2.06. The molecule has 18 heavy (non-hydrogen) atoms. The fourth-order valence-electron chi connectivity index (χ4n) is 1.94. The molecule has 2 rings (SSSR count). The van der Waals surface area contributed by atoms with Crippen LogP contribution in [0.3, 0.4) is 0 Å². The summed E-state index contributed by atoms with van der Waals surface area (Å²) >= 11 is 0. The van der Waals surface area contributed by atoms with E-state index in [4.69, 9.17) is 0 Å². The predicted octanol–water partition coefficient (Wildman–Crippen LogP) is 1.18. The standard InChI is InChI=1S/C12H18FN5/c1-10-11(9-17(2)16-10)7-14-8-12-3-5-15-18(12)6-4-13/h3,5,9,14H,4,6-8H2,1-2H3. The van der Waals surface area contributed by atoms with Crippen molar-refractivity contribution in [1.29, 1.82) is 0 Å². The summed E-state index contributed by atoms with van der Waals surface area (Å²) < 4.78 is 15.8. The van der Waals surface area contributed by atoms with Gasteiger partial charge < -0.3 is 5.32 Å². The van der Waals surface area contributed by atoms with Crippen molar-refractivity contribution in [2.75, 3.05) is 6.67 Å². The molecular formula is C12H18FN5. The number of halogens is 1. The minimum atomic E-state index is -0.392. The monoisotopic (exact) mass is 251 g/mol. The van der Waals surface area contributed by atoms with Crippen LogP contribution in [-0.2, 0) is 26.7 Å². The smallest absolute Gasteiger partial charge is 0.109 e. The maximum absolute atomic E-state index is 12.3. The molecule has 0 unspecified atom stereocenters. The zero-order chi connectivity index (χ0) is 13.0. The van der Waals surface area contributed by atoms with E-state index in [0.29, 0.717) is 13.1 Å². The van der Waals surface area contributed by atoms with Crippen molar-refractivity contribution in [3.8, 4) is 0 Å². The van der Waals surface area contributed by atoms with Crippen LogP contribution in [0.5, 0.6) is 0 Å². The lowest BCUT2D eigenvalue weighted by Crippen LogP contribution is -2.17. The van der Waals surface area contributed by atoms with Gasteiger partial charge in [-0.1, -0.05) is 0 Å². The Balaban J connectivity index is 1.88. The molecule has 0 fully saturated rings. The highest BCUT2D eigenvalue weighted by atomic mass is 19.1. The topological polar surface area (TPSA) is 47.7 Å². The summed E-state index contributed by atoms with van der Waals surface area (Å²) in [5.74, 6) is 0. The van der Waals surface area contributed by atoms with Crippen molar-refractivity contribution in [2.24, 2.45) is 7.05 Å². The van der Waals surface area contributed by atoms with E-state index in [0.717, 1.165) is 17.9 Å². The number of aryl methyl sites for hydroxylation is 3. The minimum Gasteiger partial charge on any atom is -0.307 e. The summed E-state index contributed by atoms with van der Waals surface area (Å²) in [7, 11) is 1.91. The summed E-state index contributed by atoms with van der Waals surface area (Å²) in [6, 6.07) is 1.90. The minimum absolute atomic E-state index is 0.315. The molecule has 5 nitrogen and oxygen atoms in total. The summed E-state index contributed by atoms with van der Waals surface area (Å²) in [5, 5.41) is 11.7. The normalized spacial score (nSPS) is 11.1. The molecule has 98 valence electrons. The van der Waals surface area contributed by atoms with Crippen LogP contribution in [0.4, 0.5) is 4.39 Å². The molecule has 0 aliphatic heterocycles. The molecule has 0 amide bonds. The molecule has 0 aromatic carbocycles. The van der Waals surface area contributed by atoms with Gasteiger partial charge in [0.2, 0.25) is 0 Å². The third kappa shape index (κ3) is 2.95. The van der Waals surface area contributed by atoms with Gasteiger partial charge in [-0.2, -0.15) is 10.2 Å². The largest absolute Gasteiger partial charge is 0.307 e. The molecule has 0 spiro atoms. The zero-order valence-electron chi connectivity index (χ0n) is 10.7. The molecule has 0 saturated carbocycles. The molecule has 0 aliphatic carbocycles. The van der Waals surface area contributed by atoms with Gasteiger partial charge in [-0.15, -0.1) is 0 Å². The Hall–Kier alpha value is -1.69. The lowest BCUT2D eigenvalue weighted by atomic mass is 10.2. The highest BCUT2D eigenvalue weighted by molar-refractivity contribution is 5.15. The highest BCUT2D eigenvalue weighted by Gasteiger charge is 2.04. The van der Waals surface area contributed by atoms with Gasteiger partial charge in [0.05, 0.1) is 17.9 Å². The van der Waals surface area contributed by atoms with Gasteiger partial charge in [-0.3, -0.25) is 9.36 Å². The Morgan fingerprint density at radius 2 is 2.22 bits per heavy atom. The van der Waals surface area contributed by atoms with Crippen LogP contribution in [0.25, 0.3) is 0 Å². The van der Waals surface area contributed by atoms with Gasteiger partial charge in [0.15, 0.2) is 0 Å². The number of nitrogens with zero attached hydrogens (tertiary/aromatic N) is 4. The van der Waals surface area contributed by atoms with Crippen molar-refractivity contribution in [3.05, 3.63) is 35.4 Å². The van der Waals surface area contributed by atoms with Gasteiger partial charge in [0, 0.05) is 38.1 Å². The van der Waals surface area contributed by atoms with Crippen LogP contribution in [0, 0.1) is 6.92 Å². The first-order valence-corrected chi connectivity index (χ1v) is 5.97. The van der Waals surface area contributed by atoms with E-state index in [1.54, 1.807) is 15.6 Å². The number of aromatic nitrogens is 4. The number of alkyl halides is 1. The van der Waals surface area contributed by atoms with Gasteiger partial charge in [0.25, 0.3) is 0 Å². The Morgan fingerprint density at radius 3 is 2.89 bits per heavy atom. The van der Waals surface area contributed by atoms with Gasteiger partial charge in [-0.25, -0.2) is 4.39 Å². The quantitative estimate of drug-likeness (QED) is 0.838. The second kappa shape index (κ2) is 5.77. The Morgan fingerprint density at radius 1 is 1.39 bits per heavy atom. The van der Waals surface area contributed by atoms with Crippen molar-refractivity contribution < 1.29 is 4.39 Å². The second-order valence-electron chi connectivity index (χ2n) is 4.25. The Bertz CT molecular complexity index is 502. The summed E-state index contributed by atoms with van der Waals surface area (Å²) in [5.41, 5.74) is 3.20. The lowest BCUT2D eigenvalue weighted by molar-refractivity contribution is 0.417. The Kier molecular flexibility index (Phi) is 4.09. The maximum Gasteiger partial charge on any atom is 0.109 e. The fraction of sp³-hybridized carbons (Fsp3) is 0.500. The molecule has 0 aliphatic rings. The van der Waals surface area contributed by atoms with Crippen molar-refractivity contribution >= 4 is 0 Å². The number of hydrogen-bond donors (Lipinski definition) is 1. The molecule has 2 aromatic heterocycles. The Labute approximate surface area is 106 Å². The maximum atomic E-state index is 12.3. The van der Waals surface area contributed by atoms with Crippen LogP contribution in [0.2, 0.25) is 0 Å². The molecule has 0 atom stereocenters.